The summed E-state index contributed by atoms with van der Waals surface area (Å²) in [5.41, 5.74) is 1.18. The van der Waals surface area contributed by atoms with Gasteiger partial charge in [0.25, 0.3) is 0 Å². The highest BCUT2D eigenvalue weighted by Crippen LogP contribution is 2.44. The zero-order valence-corrected chi connectivity index (χ0v) is 17.5. The number of fused-ring (bicyclic) bond motifs is 1. The molecule has 1 unspecified atom stereocenters. The van der Waals surface area contributed by atoms with Gasteiger partial charge in [0.2, 0.25) is 5.91 Å². The van der Waals surface area contributed by atoms with Crippen LogP contribution in [0.3, 0.4) is 0 Å². The Morgan fingerprint density at radius 3 is 2.25 bits per heavy atom. The quantitative estimate of drug-likeness (QED) is 0.685. The van der Waals surface area contributed by atoms with Crippen molar-refractivity contribution in [3.05, 3.63) is 16.0 Å². The third-order valence-corrected chi connectivity index (χ3v) is 7.53. The molecule has 3 rings (SSSR count). The number of carboxylic acid groups (broad SMARTS) is 2. The van der Waals surface area contributed by atoms with Gasteiger partial charge in [-0.2, -0.15) is 0 Å². The highest BCUT2D eigenvalue weighted by atomic mass is 32.1. The maximum absolute atomic E-state index is 12.8. The monoisotopic (exact) mass is 407 g/mol. The molecule has 0 saturated heterocycles. The van der Waals surface area contributed by atoms with Crippen LogP contribution in [0.25, 0.3) is 0 Å². The molecule has 2 aliphatic carbocycles. The lowest BCUT2D eigenvalue weighted by Gasteiger charge is -2.33. The molecule has 1 fully saturated rings. The van der Waals surface area contributed by atoms with Gasteiger partial charge in [-0.25, -0.2) is 4.79 Å². The highest BCUT2D eigenvalue weighted by Gasteiger charge is 2.38. The van der Waals surface area contributed by atoms with Crippen LogP contribution in [0.1, 0.15) is 73.7 Å². The molecule has 28 heavy (non-hydrogen) atoms. The zero-order valence-electron chi connectivity index (χ0n) is 16.7. The molecule has 3 N–H and O–H groups in total. The molecule has 1 aromatic rings. The lowest BCUT2D eigenvalue weighted by molar-refractivity contribution is -0.147. The molecule has 0 spiro atoms. The van der Waals surface area contributed by atoms with Gasteiger partial charge in [0, 0.05) is 4.88 Å². The molecule has 1 heterocycles. The van der Waals surface area contributed by atoms with Gasteiger partial charge < -0.3 is 15.5 Å². The molecule has 1 aromatic heterocycles. The van der Waals surface area contributed by atoms with Crippen molar-refractivity contribution in [1.29, 1.82) is 0 Å². The van der Waals surface area contributed by atoms with Crippen molar-refractivity contribution in [1.82, 2.24) is 0 Å². The average Bonchev–Trinajstić information content (AvgIpc) is 2.97. The number of hydrogen-bond acceptors (Lipinski definition) is 4. The van der Waals surface area contributed by atoms with Gasteiger partial charge >= 0.3 is 11.9 Å². The summed E-state index contributed by atoms with van der Waals surface area (Å²) in [5.74, 6) is -3.16. The van der Waals surface area contributed by atoms with Crippen molar-refractivity contribution in [3.8, 4) is 0 Å². The van der Waals surface area contributed by atoms with Crippen LogP contribution in [0.5, 0.6) is 0 Å². The second-order valence-electron chi connectivity index (χ2n) is 9.14. The predicted molar refractivity (Wildman–Crippen MR) is 108 cm³/mol. The highest BCUT2D eigenvalue weighted by molar-refractivity contribution is 7.17. The smallest absolute Gasteiger partial charge is 0.339 e. The van der Waals surface area contributed by atoms with Crippen molar-refractivity contribution in [2.45, 2.75) is 65.7 Å². The van der Waals surface area contributed by atoms with Crippen LogP contribution in [0.2, 0.25) is 0 Å². The Morgan fingerprint density at radius 2 is 1.68 bits per heavy atom. The topological polar surface area (TPSA) is 104 Å². The van der Waals surface area contributed by atoms with Crippen molar-refractivity contribution in [2.75, 3.05) is 5.32 Å². The first kappa shape index (κ1) is 20.8. The number of amides is 1. The van der Waals surface area contributed by atoms with Gasteiger partial charge in [0.15, 0.2) is 0 Å². The minimum absolute atomic E-state index is 0.144. The van der Waals surface area contributed by atoms with Crippen LogP contribution in [0, 0.1) is 23.2 Å². The van der Waals surface area contributed by atoms with Crippen LogP contribution < -0.4 is 5.32 Å². The first-order valence-corrected chi connectivity index (χ1v) is 10.8. The van der Waals surface area contributed by atoms with E-state index in [1.165, 1.54) is 11.3 Å². The van der Waals surface area contributed by atoms with E-state index in [9.17, 15) is 24.6 Å². The Bertz CT molecular complexity index is 791. The molecule has 2 aliphatic rings. The molecule has 0 radical (unpaired) electrons. The Morgan fingerprint density at radius 1 is 1.04 bits per heavy atom. The lowest BCUT2D eigenvalue weighted by atomic mass is 9.72. The van der Waals surface area contributed by atoms with Gasteiger partial charge in [-0.3, -0.25) is 9.59 Å². The van der Waals surface area contributed by atoms with E-state index >= 15 is 0 Å². The van der Waals surface area contributed by atoms with Crippen molar-refractivity contribution in [3.63, 3.8) is 0 Å². The summed E-state index contributed by atoms with van der Waals surface area (Å²) in [6.07, 6.45) is 5.11. The molecule has 3 atom stereocenters. The van der Waals surface area contributed by atoms with E-state index in [0.717, 1.165) is 36.1 Å². The molecule has 154 valence electrons. The third-order valence-electron chi connectivity index (χ3n) is 6.36. The van der Waals surface area contributed by atoms with Gasteiger partial charge in [0.1, 0.15) is 5.00 Å². The summed E-state index contributed by atoms with van der Waals surface area (Å²) in [7, 11) is 0. The van der Waals surface area contributed by atoms with E-state index in [2.05, 4.69) is 26.1 Å². The van der Waals surface area contributed by atoms with E-state index in [-0.39, 0.29) is 16.9 Å². The molecule has 0 aromatic carbocycles. The van der Waals surface area contributed by atoms with Crippen molar-refractivity contribution < 1.29 is 24.6 Å². The Hall–Kier alpha value is -1.89. The lowest BCUT2D eigenvalue weighted by Crippen LogP contribution is -2.36. The number of hydrogen-bond donors (Lipinski definition) is 3. The third kappa shape index (κ3) is 4.09. The van der Waals surface area contributed by atoms with E-state index < -0.39 is 23.8 Å². The standard InChI is InChI=1S/C21H29NO5S/c1-21(2,3)11-8-9-14-15(10-11)28-18(16(14)20(26)27)22-17(23)12-6-4-5-7-13(12)19(24)25/h11-13H,4-10H2,1-3H3,(H,22,23)(H,24,25)(H,26,27)/t11?,12-,13+/m0/s1. The molecule has 1 amide bonds. The maximum Gasteiger partial charge on any atom is 0.339 e. The Labute approximate surface area is 169 Å². The van der Waals surface area contributed by atoms with E-state index in [1.807, 2.05) is 0 Å². The van der Waals surface area contributed by atoms with Gasteiger partial charge in [0.05, 0.1) is 17.4 Å². The van der Waals surface area contributed by atoms with Crippen LogP contribution in [-0.2, 0) is 22.4 Å². The second-order valence-corrected chi connectivity index (χ2v) is 10.2. The molecular formula is C21H29NO5S. The Balaban J connectivity index is 1.86. The molecule has 7 heteroatoms. The minimum atomic E-state index is -1.03. The molecule has 0 bridgehead atoms. The van der Waals surface area contributed by atoms with Crippen LogP contribution in [-0.4, -0.2) is 28.1 Å². The summed E-state index contributed by atoms with van der Waals surface area (Å²) in [6, 6.07) is 0. The van der Waals surface area contributed by atoms with Crippen molar-refractivity contribution in [2.24, 2.45) is 23.2 Å². The summed E-state index contributed by atoms with van der Waals surface area (Å²) in [4.78, 5) is 37.3. The number of carbonyl (C=O) groups is 3. The number of carbonyl (C=O) groups excluding carboxylic acids is 1. The number of anilines is 1. The molecular weight excluding hydrogens is 378 g/mol. The fourth-order valence-electron chi connectivity index (χ4n) is 4.58. The molecule has 1 saturated carbocycles. The predicted octanol–water partition coefficient (Wildman–Crippen LogP) is 4.43. The van der Waals surface area contributed by atoms with Gasteiger partial charge in [-0.1, -0.05) is 33.6 Å². The van der Waals surface area contributed by atoms with Crippen LogP contribution in [0.15, 0.2) is 0 Å². The maximum atomic E-state index is 12.8. The largest absolute Gasteiger partial charge is 0.481 e. The van der Waals surface area contributed by atoms with E-state index in [0.29, 0.717) is 30.2 Å². The summed E-state index contributed by atoms with van der Waals surface area (Å²) in [6.45, 7) is 6.60. The van der Waals surface area contributed by atoms with Crippen LogP contribution in [0.4, 0.5) is 5.00 Å². The molecule has 0 aliphatic heterocycles. The number of thiophene rings is 1. The fraction of sp³-hybridized carbons (Fsp3) is 0.667. The van der Waals surface area contributed by atoms with E-state index in [1.54, 1.807) is 0 Å². The first-order chi connectivity index (χ1) is 13.1. The number of aromatic carboxylic acids is 1. The summed E-state index contributed by atoms with van der Waals surface area (Å²) in [5, 5.41) is 22.4. The summed E-state index contributed by atoms with van der Waals surface area (Å²) >= 11 is 1.35. The number of aliphatic carboxylic acids is 1. The first-order valence-electron chi connectivity index (χ1n) is 10.0. The van der Waals surface area contributed by atoms with Crippen LogP contribution >= 0.6 is 11.3 Å². The SMILES string of the molecule is CC(C)(C)C1CCc2c(sc(NC(=O)[C@H]3CCCC[C@H]3C(=O)O)c2C(=O)O)C1. The fourth-order valence-corrected chi connectivity index (χ4v) is 5.91. The molecule has 6 nitrogen and oxygen atoms in total. The number of nitrogens with one attached hydrogen (secondary N) is 1. The van der Waals surface area contributed by atoms with E-state index in [4.69, 9.17) is 0 Å². The number of carboxylic acids is 2. The Kier molecular flexibility index (Phi) is 5.84. The zero-order chi connectivity index (χ0) is 20.6. The summed E-state index contributed by atoms with van der Waals surface area (Å²) < 4.78 is 0. The van der Waals surface area contributed by atoms with Crippen molar-refractivity contribution >= 4 is 34.2 Å². The normalized spacial score (nSPS) is 25.0. The van der Waals surface area contributed by atoms with Gasteiger partial charge in [-0.15, -0.1) is 11.3 Å². The average molecular weight is 408 g/mol. The number of rotatable bonds is 4. The second kappa shape index (κ2) is 7.85. The van der Waals surface area contributed by atoms with Gasteiger partial charge in [-0.05, 0) is 49.0 Å². The minimum Gasteiger partial charge on any atom is -0.481 e.